The number of carbonyl (C=O) groups excluding carboxylic acids is 1. The van der Waals surface area contributed by atoms with E-state index in [1.807, 2.05) is 0 Å². The zero-order chi connectivity index (χ0) is 14.3. The molecule has 0 aromatic rings. The van der Waals surface area contributed by atoms with E-state index in [9.17, 15) is 9.59 Å². The van der Waals surface area contributed by atoms with Gasteiger partial charge in [0.2, 0.25) is 0 Å². The normalized spacial score (nSPS) is 21.7. The minimum atomic E-state index is -0.827. The van der Waals surface area contributed by atoms with Crippen molar-refractivity contribution in [3.63, 3.8) is 0 Å². The Balaban J connectivity index is 2.11. The average Bonchev–Trinajstić information content (AvgIpc) is 2.31. The number of carboxylic acid groups (broad SMARTS) is 1. The molecule has 1 rings (SSSR count). The number of carboxylic acids is 1. The molecule has 1 aliphatic carbocycles. The van der Waals surface area contributed by atoms with E-state index in [-0.39, 0.29) is 12.5 Å². The number of amides is 2. The van der Waals surface area contributed by atoms with Crippen LogP contribution in [0.4, 0.5) is 4.79 Å². The summed E-state index contributed by atoms with van der Waals surface area (Å²) in [6.45, 7) is 5.69. The monoisotopic (exact) mass is 270 g/mol. The molecule has 0 radical (unpaired) electrons. The Morgan fingerprint density at radius 2 is 2.05 bits per heavy atom. The van der Waals surface area contributed by atoms with Crippen molar-refractivity contribution in [1.82, 2.24) is 10.6 Å². The van der Waals surface area contributed by atoms with Crippen LogP contribution in [0.15, 0.2) is 0 Å². The van der Waals surface area contributed by atoms with Crippen LogP contribution in [0.5, 0.6) is 0 Å². The second-order valence-electron chi connectivity index (χ2n) is 6.26. The van der Waals surface area contributed by atoms with Crippen molar-refractivity contribution >= 4 is 12.0 Å². The number of urea groups is 1. The van der Waals surface area contributed by atoms with Gasteiger partial charge in [0.15, 0.2) is 0 Å². The summed E-state index contributed by atoms with van der Waals surface area (Å²) in [4.78, 5) is 21.8. The fraction of sp³-hybridized carbons (Fsp3) is 0.857. The maximum Gasteiger partial charge on any atom is 0.314 e. The highest BCUT2D eigenvalue weighted by molar-refractivity contribution is 5.73. The summed E-state index contributed by atoms with van der Waals surface area (Å²) in [6.07, 6.45) is 5.41. The van der Waals surface area contributed by atoms with Gasteiger partial charge in [-0.05, 0) is 37.0 Å². The van der Waals surface area contributed by atoms with Crippen LogP contribution in [0.3, 0.4) is 0 Å². The van der Waals surface area contributed by atoms with Crippen LogP contribution >= 0.6 is 0 Å². The molecule has 5 heteroatoms. The van der Waals surface area contributed by atoms with Crippen molar-refractivity contribution in [2.45, 2.75) is 52.4 Å². The summed E-state index contributed by atoms with van der Waals surface area (Å²) in [5.74, 6) is -0.264. The van der Waals surface area contributed by atoms with E-state index in [0.717, 1.165) is 6.42 Å². The van der Waals surface area contributed by atoms with Crippen LogP contribution in [0, 0.1) is 11.3 Å². The molecular formula is C14H26N2O3. The first-order valence-electron chi connectivity index (χ1n) is 7.12. The lowest BCUT2D eigenvalue weighted by Gasteiger charge is -2.35. The fourth-order valence-electron chi connectivity index (χ4n) is 2.77. The number of carbonyl (C=O) groups is 2. The molecule has 1 unspecified atom stereocenters. The molecule has 3 N–H and O–H groups in total. The highest BCUT2D eigenvalue weighted by Crippen LogP contribution is 2.38. The highest BCUT2D eigenvalue weighted by Gasteiger charge is 2.27. The van der Waals surface area contributed by atoms with Crippen molar-refractivity contribution in [3.8, 4) is 0 Å². The van der Waals surface area contributed by atoms with Gasteiger partial charge >= 0.3 is 12.0 Å². The largest absolute Gasteiger partial charge is 0.481 e. The zero-order valence-corrected chi connectivity index (χ0v) is 12.0. The van der Waals surface area contributed by atoms with Gasteiger partial charge in [-0.15, -0.1) is 0 Å². The molecule has 0 aliphatic heterocycles. The van der Waals surface area contributed by atoms with E-state index in [1.165, 1.54) is 19.3 Å². The van der Waals surface area contributed by atoms with Gasteiger partial charge in [-0.3, -0.25) is 4.79 Å². The third-order valence-corrected chi connectivity index (χ3v) is 3.71. The van der Waals surface area contributed by atoms with Crippen LogP contribution in [-0.4, -0.2) is 30.2 Å². The summed E-state index contributed by atoms with van der Waals surface area (Å²) in [5, 5.41) is 14.0. The molecule has 5 nitrogen and oxygen atoms in total. The molecule has 0 aromatic heterocycles. The van der Waals surface area contributed by atoms with Gasteiger partial charge in [0, 0.05) is 19.5 Å². The summed E-state index contributed by atoms with van der Waals surface area (Å²) >= 11 is 0. The molecule has 110 valence electrons. The second-order valence-corrected chi connectivity index (χ2v) is 6.26. The number of hydrogen-bond donors (Lipinski definition) is 3. The lowest BCUT2D eigenvalue weighted by atomic mass is 9.72. The highest BCUT2D eigenvalue weighted by atomic mass is 16.4. The molecule has 0 heterocycles. The molecule has 1 saturated carbocycles. The SMILES string of the molecule is CC1(C)CCCC(CNC(=O)NCCCC(=O)O)C1. The zero-order valence-electron chi connectivity index (χ0n) is 12.0. The first kappa shape index (κ1) is 15.8. The van der Waals surface area contributed by atoms with Crippen LogP contribution in [0.25, 0.3) is 0 Å². The van der Waals surface area contributed by atoms with Gasteiger partial charge in [0.05, 0.1) is 0 Å². The maximum absolute atomic E-state index is 11.5. The molecule has 1 aliphatic rings. The lowest BCUT2D eigenvalue weighted by Crippen LogP contribution is -2.40. The number of nitrogens with one attached hydrogen (secondary N) is 2. The number of rotatable bonds is 6. The molecular weight excluding hydrogens is 244 g/mol. The van der Waals surface area contributed by atoms with Crippen LogP contribution in [0.2, 0.25) is 0 Å². The molecule has 1 fully saturated rings. The van der Waals surface area contributed by atoms with Crippen molar-refractivity contribution in [2.24, 2.45) is 11.3 Å². The van der Waals surface area contributed by atoms with E-state index < -0.39 is 5.97 Å². The van der Waals surface area contributed by atoms with Crippen LogP contribution < -0.4 is 10.6 Å². The van der Waals surface area contributed by atoms with Gasteiger partial charge in [-0.2, -0.15) is 0 Å². The molecule has 0 bridgehead atoms. The molecule has 0 saturated heterocycles. The average molecular weight is 270 g/mol. The smallest absolute Gasteiger partial charge is 0.314 e. The van der Waals surface area contributed by atoms with Gasteiger partial charge in [0.25, 0.3) is 0 Å². The number of aliphatic carboxylic acids is 1. The Morgan fingerprint density at radius 1 is 1.32 bits per heavy atom. The summed E-state index contributed by atoms with van der Waals surface area (Å²) in [6, 6.07) is -0.186. The van der Waals surface area contributed by atoms with E-state index in [2.05, 4.69) is 24.5 Å². The van der Waals surface area contributed by atoms with Crippen molar-refractivity contribution in [1.29, 1.82) is 0 Å². The molecule has 2 amide bonds. The summed E-state index contributed by atoms with van der Waals surface area (Å²) < 4.78 is 0. The Hall–Kier alpha value is -1.26. The quantitative estimate of drug-likeness (QED) is 0.648. The minimum Gasteiger partial charge on any atom is -0.481 e. The predicted octanol–water partition coefficient (Wildman–Crippen LogP) is 2.37. The fourth-order valence-corrected chi connectivity index (χ4v) is 2.77. The minimum absolute atomic E-state index is 0.0943. The van der Waals surface area contributed by atoms with Gasteiger partial charge in [-0.1, -0.05) is 20.3 Å². The molecule has 0 spiro atoms. The van der Waals surface area contributed by atoms with Gasteiger partial charge in [-0.25, -0.2) is 4.79 Å². The summed E-state index contributed by atoms with van der Waals surface area (Å²) in [7, 11) is 0. The predicted molar refractivity (Wildman–Crippen MR) is 74.0 cm³/mol. The Kier molecular flexibility index (Phi) is 6.12. The first-order chi connectivity index (χ1) is 8.89. The van der Waals surface area contributed by atoms with Crippen molar-refractivity contribution < 1.29 is 14.7 Å². The molecule has 0 aromatic carbocycles. The summed E-state index contributed by atoms with van der Waals surface area (Å²) in [5.41, 5.74) is 0.391. The van der Waals surface area contributed by atoms with Crippen LogP contribution in [-0.2, 0) is 4.79 Å². The van der Waals surface area contributed by atoms with Gasteiger partial charge < -0.3 is 15.7 Å². The van der Waals surface area contributed by atoms with Gasteiger partial charge in [0.1, 0.15) is 0 Å². The third-order valence-electron chi connectivity index (χ3n) is 3.71. The Bertz CT molecular complexity index is 316. The van der Waals surface area contributed by atoms with Crippen molar-refractivity contribution in [3.05, 3.63) is 0 Å². The standard InChI is InChI=1S/C14H26N2O3/c1-14(2)7-3-5-11(9-14)10-16-13(19)15-8-4-6-12(17)18/h11H,3-10H2,1-2H3,(H,17,18)(H2,15,16,19). The molecule has 19 heavy (non-hydrogen) atoms. The van der Waals surface area contributed by atoms with E-state index in [4.69, 9.17) is 5.11 Å². The van der Waals surface area contributed by atoms with Crippen molar-refractivity contribution in [2.75, 3.05) is 13.1 Å². The van der Waals surface area contributed by atoms with E-state index in [1.54, 1.807) is 0 Å². The van der Waals surface area contributed by atoms with Crippen LogP contribution in [0.1, 0.15) is 52.4 Å². The second kappa shape index (κ2) is 7.36. The first-order valence-corrected chi connectivity index (χ1v) is 7.12. The van der Waals surface area contributed by atoms with E-state index >= 15 is 0 Å². The maximum atomic E-state index is 11.5. The third kappa shape index (κ3) is 7.03. The number of hydrogen-bond acceptors (Lipinski definition) is 2. The van der Waals surface area contributed by atoms with E-state index in [0.29, 0.717) is 30.8 Å². The Morgan fingerprint density at radius 3 is 2.68 bits per heavy atom. The topological polar surface area (TPSA) is 78.4 Å². The lowest BCUT2D eigenvalue weighted by molar-refractivity contribution is -0.137. The Labute approximate surface area is 115 Å². The molecule has 1 atom stereocenters.